The minimum atomic E-state index is -0.843. The van der Waals surface area contributed by atoms with Crippen molar-refractivity contribution in [3.05, 3.63) is 70.9 Å². The van der Waals surface area contributed by atoms with Crippen LogP contribution >= 0.6 is 11.6 Å². The molecule has 0 unspecified atom stereocenters. The van der Waals surface area contributed by atoms with Gasteiger partial charge >= 0.3 is 0 Å². The number of nitrogens with one attached hydrogen (secondary N) is 2. The molecule has 11 nitrogen and oxygen atoms in total. The summed E-state index contributed by atoms with van der Waals surface area (Å²) in [5, 5.41) is 7.92. The van der Waals surface area contributed by atoms with Crippen LogP contribution in [0.15, 0.2) is 54.7 Å². The van der Waals surface area contributed by atoms with E-state index in [2.05, 4.69) is 29.5 Å². The van der Waals surface area contributed by atoms with Crippen molar-refractivity contribution in [3.63, 3.8) is 0 Å². The SMILES string of the molecule is C[C@H]1[C@@H](OCc2ccc(C(=O)N(CCNc3ccnc4cc(Cl)ccc34)CC(=O)NC(C)(C)C)cc2)O[C@@H]2O[C@]3(C)CC[C@H]4[C@H](C)CC[C@@H]1[C@@]24OO3. The quantitative estimate of drug-likeness (QED) is 0.211. The lowest BCUT2D eigenvalue weighted by Crippen LogP contribution is -2.70. The van der Waals surface area contributed by atoms with Gasteiger partial charge in [0.1, 0.15) is 0 Å². The molecule has 2 amide bonds. The molecule has 1 aliphatic carbocycles. The molecule has 5 heterocycles. The number of anilines is 1. The smallest absolute Gasteiger partial charge is 0.254 e. The summed E-state index contributed by atoms with van der Waals surface area (Å²) in [5.74, 6) is -0.296. The third kappa shape index (κ3) is 7.41. The van der Waals surface area contributed by atoms with Gasteiger partial charge in [0.15, 0.2) is 18.2 Å². The van der Waals surface area contributed by atoms with Gasteiger partial charge in [-0.1, -0.05) is 37.6 Å². The molecule has 1 spiro atoms. The van der Waals surface area contributed by atoms with Gasteiger partial charge in [-0.25, -0.2) is 9.78 Å². The number of ether oxygens (including phenoxy) is 3. The third-order valence-corrected chi connectivity index (χ3v) is 11.5. The van der Waals surface area contributed by atoms with E-state index >= 15 is 0 Å². The van der Waals surface area contributed by atoms with E-state index < -0.39 is 29.5 Å². The fourth-order valence-electron chi connectivity index (χ4n) is 8.65. The van der Waals surface area contributed by atoms with Crippen LogP contribution < -0.4 is 10.6 Å². The van der Waals surface area contributed by atoms with E-state index in [0.717, 1.165) is 47.8 Å². The first-order chi connectivity index (χ1) is 24.7. The fraction of sp³-hybridized carbons (Fsp3) is 0.575. The van der Waals surface area contributed by atoms with E-state index in [1.165, 1.54) is 0 Å². The van der Waals surface area contributed by atoms with Crippen molar-refractivity contribution in [3.8, 4) is 0 Å². The number of hydrogen-bond acceptors (Lipinski definition) is 9. The van der Waals surface area contributed by atoms with Crippen LogP contribution in [0.25, 0.3) is 10.9 Å². The van der Waals surface area contributed by atoms with Crippen LogP contribution in [0.3, 0.4) is 0 Å². The van der Waals surface area contributed by atoms with Gasteiger partial charge in [-0.15, -0.1) is 0 Å². The highest BCUT2D eigenvalue weighted by Gasteiger charge is 2.69. The zero-order chi connectivity index (χ0) is 36.8. The van der Waals surface area contributed by atoms with Crippen molar-refractivity contribution in [1.29, 1.82) is 0 Å². The molecule has 3 aromatic rings. The first-order valence-corrected chi connectivity index (χ1v) is 18.9. The molecule has 2 bridgehead atoms. The van der Waals surface area contributed by atoms with Gasteiger partial charge in [0.25, 0.3) is 5.91 Å². The molecule has 1 saturated carbocycles. The summed E-state index contributed by atoms with van der Waals surface area (Å²) in [4.78, 5) is 45.1. The monoisotopic (exact) mass is 734 g/mol. The number of amides is 2. The van der Waals surface area contributed by atoms with Gasteiger partial charge in [0.2, 0.25) is 11.7 Å². The third-order valence-electron chi connectivity index (χ3n) is 11.3. The molecule has 4 aliphatic heterocycles. The molecular formula is C40H51ClN4O7. The molecule has 2 aromatic carbocycles. The summed E-state index contributed by atoms with van der Waals surface area (Å²) in [5.41, 5.74) is 1.96. The van der Waals surface area contributed by atoms with E-state index in [4.69, 9.17) is 35.6 Å². The van der Waals surface area contributed by atoms with Crippen molar-refractivity contribution in [2.75, 3.05) is 25.0 Å². The Labute approximate surface area is 310 Å². The van der Waals surface area contributed by atoms with Crippen LogP contribution in [-0.2, 0) is 35.4 Å². The number of rotatable bonds is 10. The average Bonchev–Trinajstić information content (AvgIpc) is 3.33. The molecule has 4 saturated heterocycles. The van der Waals surface area contributed by atoms with Gasteiger partial charge in [-0.05, 0) is 101 Å². The normalized spacial score (nSPS) is 31.1. The number of carbonyl (C=O) groups excluding carboxylic acids is 2. The van der Waals surface area contributed by atoms with Crippen molar-refractivity contribution in [1.82, 2.24) is 15.2 Å². The summed E-state index contributed by atoms with van der Waals surface area (Å²) in [6, 6.07) is 14.8. The largest absolute Gasteiger partial charge is 0.383 e. The molecule has 1 aromatic heterocycles. The summed E-state index contributed by atoms with van der Waals surface area (Å²) in [6.45, 7) is 13.1. The second-order valence-corrected chi connectivity index (χ2v) is 16.7. The van der Waals surface area contributed by atoms with E-state index in [1.807, 2.05) is 64.1 Å². The maximum Gasteiger partial charge on any atom is 0.254 e. The summed E-state index contributed by atoms with van der Waals surface area (Å²) in [7, 11) is 0. The van der Waals surface area contributed by atoms with Crippen LogP contribution in [0.5, 0.6) is 0 Å². The first-order valence-electron chi connectivity index (χ1n) is 18.5. The zero-order valence-electron chi connectivity index (χ0n) is 30.9. The number of aromatic nitrogens is 1. The standard InChI is InChI=1S/C40H51ClN4O7/c1-24-7-14-31-25(2)36(49-37-40(31)30(24)15-17-39(6,50-37)51-52-40)48-23-26-8-10-27(11-9-26)35(47)45(22-34(46)44-38(3,4)5)20-19-43-32-16-18-42-33-21-28(41)12-13-29(32)33/h8-13,16,18,21,24-25,30-31,36-37H,7,14-15,17,19-20,22-23H2,1-6H3,(H,42,43)(H,44,46)/t24-,25-,30+,31+,36+,37-,39+,40-/m1/s1. The maximum absolute atomic E-state index is 13.9. The topological polar surface area (TPSA) is 120 Å². The number of hydrogen-bond donors (Lipinski definition) is 2. The average molecular weight is 735 g/mol. The Morgan fingerprint density at radius 2 is 1.83 bits per heavy atom. The highest BCUT2D eigenvalue weighted by molar-refractivity contribution is 6.31. The van der Waals surface area contributed by atoms with Gasteiger partial charge in [-0.3, -0.25) is 14.6 Å². The Morgan fingerprint density at radius 1 is 1.04 bits per heavy atom. The lowest BCUT2D eigenvalue weighted by Gasteiger charge is -2.60. The molecule has 8 atom stereocenters. The Morgan fingerprint density at radius 3 is 2.60 bits per heavy atom. The first kappa shape index (κ1) is 37.0. The van der Waals surface area contributed by atoms with Crippen LogP contribution in [-0.4, -0.2) is 70.8 Å². The van der Waals surface area contributed by atoms with E-state index in [-0.39, 0.29) is 30.2 Å². The van der Waals surface area contributed by atoms with E-state index in [9.17, 15) is 9.59 Å². The number of nitrogens with zero attached hydrogens (tertiary/aromatic N) is 2. The number of benzene rings is 2. The minimum absolute atomic E-state index is 0.0612. The van der Waals surface area contributed by atoms with Crippen LogP contribution in [0.4, 0.5) is 5.69 Å². The van der Waals surface area contributed by atoms with Gasteiger partial charge in [0, 0.05) is 64.7 Å². The van der Waals surface area contributed by atoms with Crippen molar-refractivity contribution >= 4 is 40.0 Å². The predicted octanol–water partition coefficient (Wildman–Crippen LogP) is 7.08. The lowest BCUT2D eigenvalue weighted by molar-refractivity contribution is -0.577. The molecule has 12 heteroatoms. The molecule has 2 N–H and O–H groups in total. The molecule has 0 radical (unpaired) electrons. The highest BCUT2D eigenvalue weighted by atomic mass is 35.5. The van der Waals surface area contributed by atoms with Crippen LogP contribution in [0, 0.1) is 23.7 Å². The maximum atomic E-state index is 13.9. The zero-order valence-corrected chi connectivity index (χ0v) is 31.7. The molecule has 5 aliphatic rings. The highest BCUT2D eigenvalue weighted by Crippen LogP contribution is 2.60. The molecule has 8 rings (SSSR count). The lowest BCUT2D eigenvalue weighted by atomic mass is 9.58. The summed E-state index contributed by atoms with van der Waals surface area (Å²) in [6.07, 6.45) is 4.51. The second kappa shape index (κ2) is 14.5. The van der Waals surface area contributed by atoms with Crippen LogP contribution in [0.2, 0.25) is 5.02 Å². The molecule has 52 heavy (non-hydrogen) atoms. The minimum Gasteiger partial charge on any atom is -0.383 e. The number of halogens is 1. The van der Waals surface area contributed by atoms with Crippen molar-refractivity contribution in [2.24, 2.45) is 23.7 Å². The summed E-state index contributed by atoms with van der Waals surface area (Å²) < 4.78 is 19.5. The number of carbonyl (C=O) groups is 2. The predicted molar refractivity (Wildman–Crippen MR) is 197 cm³/mol. The van der Waals surface area contributed by atoms with Crippen LogP contribution in [0.1, 0.15) is 83.1 Å². The van der Waals surface area contributed by atoms with E-state index in [0.29, 0.717) is 42.1 Å². The Hall–Kier alpha value is -3.32. The van der Waals surface area contributed by atoms with Gasteiger partial charge in [0.05, 0.1) is 18.7 Å². The van der Waals surface area contributed by atoms with Crippen molar-refractivity contribution < 1.29 is 33.6 Å². The Bertz CT molecular complexity index is 1790. The second-order valence-electron chi connectivity index (χ2n) is 16.3. The van der Waals surface area contributed by atoms with E-state index in [1.54, 1.807) is 23.2 Å². The molecule has 280 valence electrons. The number of fused-ring (bicyclic) bond motifs is 3. The van der Waals surface area contributed by atoms with Crippen molar-refractivity contribution in [2.45, 2.75) is 103 Å². The van der Waals surface area contributed by atoms with Gasteiger partial charge in [-0.2, -0.15) is 0 Å². The Balaban J connectivity index is 1.01. The van der Waals surface area contributed by atoms with Gasteiger partial charge < -0.3 is 29.7 Å². The molecular weight excluding hydrogens is 684 g/mol. The summed E-state index contributed by atoms with van der Waals surface area (Å²) >= 11 is 6.17. The Kier molecular flexibility index (Phi) is 10.3. The fourth-order valence-corrected chi connectivity index (χ4v) is 8.82. The molecule has 5 fully saturated rings. The number of pyridine rings is 1.